The van der Waals surface area contributed by atoms with Crippen LogP contribution in [0.1, 0.15) is 26.3 Å². The van der Waals surface area contributed by atoms with Gasteiger partial charge >= 0.3 is 5.97 Å². The van der Waals surface area contributed by atoms with Crippen molar-refractivity contribution in [2.75, 3.05) is 60.8 Å². The van der Waals surface area contributed by atoms with Gasteiger partial charge in [0.25, 0.3) is 11.8 Å². The molecule has 0 aromatic heterocycles. The maximum Gasteiger partial charge on any atom is 0.349 e. The van der Waals surface area contributed by atoms with Crippen LogP contribution in [0.15, 0.2) is 30.3 Å². The zero-order chi connectivity index (χ0) is 27.3. The molecule has 0 spiro atoms. The molecule has 0 saturated heterocycles. The van der Waals surface area contributed by atoms with Gasteiger partial charge in [0.1, 0.15) is 23.1 Å². The minimum absolute atomic E-state index is 0.00881. The Balaban J connectivity index is 1.70. The van der Waals surface area contributed by atoms with Gasteiger partial charge in [-0.1, -0.05) is 6.07 Å². The van der Waals surface area contributed by atoms with Crippen molar-refractivity contribution in [3.63, 3.8) is 0 Å². The number of benzene rings is 2. The number of imide groups is 1. The third-order valence-corrected chi connectivity index (χ3v) is 4.90. The summed E-state index contributed by atoms with van der Waals surface area (Å²) in [5.74, 6) is -1.86. The third kappa shape index (κ3) is 7.64. The van der Waals surface area contributed by atoms with E-state index in [1.165, 1.54) is 44.6 Å². The summed E-state index contributed by atoms with van der Waals surface area (Å²) < 4.78 is 42.3. The first-order chi connectivity index (χ1) is 18.5. The van der Waals surface area contributed by atoms with Gasteiger partial charge in [-0.3, -0.25) is 14.9 Å². The summed E-state index contributed by atoms with van der Waals surface area (Å²) in [5.41, 5.74) is 0.195. The van der Waals surface area contributed by atoms with E-state index in [-0.39, 0.29) is 66.5 Å². The lowest BCUT2D eigenvalue weighted by Crippen LogP contribution is -2.21. The van der Waals surface area contributed by atoms with Gasteiger partial charge in [0.15, 0.2) is 31.7 Å². The number of nitrogens with one attached hydrogen (secondary N) is 1. The predicted octanol–water partition coefficient (Wildman–Crippen LogP) is 1.42. The fourth-order valence-corrected chi connectivity index (χ4v) is 3.19. The van der Waals surface area contributed by atoms with Gasteiger partial charge in [-0.05, 0) is 12.1 Å². The number of carbonyl (C=O) groups excluding carboxylic acids is 3. The van der Waals surface area contributed by atoms with E-state index in [9.17, 15) is 19.6 Å². The van der Waals surface area contributed by atoms with Crippen LogP contribution in [0.5, 0.6) is 23.0 Å². The molecule has 2 aromatic rings. The number of amides is 2. The number of esters is 1. The number of carbonyl (C=O) groups is 3. The van der Waals surface area contributed by atoms with Crippen LogP contribution < -0.4 is 24.3 Å². The summed E-state index contributed by atoms with van der Waals surface area (Å²) in [5, 5.41) is 11.8. The highest BCUT2D eigenvalue weighted by molar-refractivity contribution is 6.22. The lowest BCUT2D eigenvalue weighted by atomic mass is 10.1. The van der Waals surface area contributed by atoms with Gasteiger partial charge in [-0.2, -0.15) is 5.26 Å². The average Bonchev–Trinajstić information content (AvgIpc) is 3.21. The molecule has 13 heteroatoms. The second kappa shape index (κ2) is 14.5. The molecule has 0 unspecified atom stereocenters. The Morgan fingerprint density at radius 2 is 1.61 bits per heavy atom. The van der Waals surface area contributed by atoms with E-state index in [0.29, 0.717) is 13.2 Å². The quantitative estimate of drug-likeness (QED) is 0.109. The van der Waals surface area contributed by atoms with Crippen LogP contribution in [0.2, 0.25) is 0 Å². The van der Waals surface area contributed by atoms with E-state index in [2.05, 4.69) is 5.32 Å². The van der Waals surface area contributed by atoms with E-state index < -0.39 is 24.4 Å². The summed E-state index contributed by atoms with van der Waals surface area (Å²) in [6.07, 6.45) is 0. The van der Waals surface area contributed by atoms with E-state index >= 15 is 0 Å². The molecular weight excluding hydrogens is 504 g/mol. The van der Waals surface area contributed by atoms with Gasteiger partial charge in [-0.25, -0.2) is 4.79 Å². The molecule has 202 valence electrons. The fraction of sp³-hybridized carbons (Fsp3) is 0.360. The van der Waals surface area contributed by atoms with Gasteiger partial charge < -0.3 is 37.9 Å². The van der Waals surface area contributed by atoms with Crippen LogP contribution in [0.25, 0.3) is 0 Å². The van der Waals surface area contributed by atoms with Gasteiger partial charge in [-0.15, -0.1) is 0 Å². The van der Waals surface area contributed by atoms with Crippen LogP contribution in [-0.4, -0.2) is 78.6 Å². The normalized spacial score (nSPS) is 11.9. The average molecular weight is 530 g/mol. The minimum atomic E-state index is -0.838. The van der Waals surface area contributed by atoms with Crippen molar-refractivity contribution in [2.24, 2.45) is 0 Å². The Labute approximate surface area is 218 Å². The molecule has 2 aromatic carbocycles. The maximum atomic E-state index is 12.5. The summed E-state index contributed by atoms with van der Waals surface area (Å²) >= 11 is 0. The zero-order valence-corrected chi connectivity index (χ0v) is 20.8. The van der Waals surface area contributed by atoms with Crippen molar-refractivity contribution in [1.29, 1.82) is 5.26 Å². The summed E-state index contributed by atoms with van der Waals surface area (Å²) in [4.78, 5) is 36.3. The number of hydrogen-bond acceptors (Lipinski definition) is 12. The molecule has 0 atom stereocenters. The Kier molecular flexibility index (Phi) is 10.8. The third-order valence-electron chi connectivity index (χ3n) is 4.90. The number of nitrogens with zero attached hydrogens (tertiary/aromatic N) is 1. The maximum absolute atomic E-state index is 12.5. The Morgan fingerprint density at radius 3 is 2.29 bits per heavy atom. The lowest BCUT2D eigenvalue weighted by Gasteiger charge is -2.16. The molecular formula is C25H26N2O11. The molecule has 2 amide bonds. The molecule has 3 rings (SSSR count). The summed E-state index contributed by atoms with van der Waals surface area (Å²) in [7, 11) is 3.06. The summed E-state index contributed by atoms with van der Waals surface area (Å²) in [6.45, 7) is 0.263. The van der Waals surface area contributed by atoms with Crippen molar-refractivity contribution >= 4 is 17.8 Å². The fourth-order valence-electron chi connectivity index (χ4n) is 3.19. The molecule has 1 N–H and O–H groups in total. The van der Waals surface area contributed by atoms with Crippen LogP contribution in [0, 0.1) is 11.3 Å². The van der Waals surface area contributed by atoms with Crippen molar-refractivity contribution in [1.82, 2.24) is 5.32 Å². The van der Waals surface area contributed by atoms with Gasteiger partial charge in [0.05, 0.1) is 37.6 Å². The van der Waals surface area contributed by atoms with E-state index in [4.69, 9.17) is 37.9 Å². The Bertz CT molecular complexity index is 1190. The minimum Gasteiger partial charge on any atom is -0.481 e. The molecule has 0 saturated carbocycles. The lowest BCUT2D eigenvalue weighted by molar-refractivity contribution is -0.136. The van der Waals surface area contributed by atoms with Crippen LogP contribution >= 0.6 is 0 Å². The van der Waals surface area contributed by atoms with E-state index in [1.807, 2.05) is 6.07 Å². The Morgan fingerprint density at radius 1 is 0.895 bits per heavy atom. The van der Waals surface area contributed by atoms with Crippen LogP contribution in [-0.2, 0) is 23.7 Å². The second-order valence-electron chi connectivity index (χ2n) is 7.46. The molecule has 0 radical (unpaired) electrons. The predicted molar refractivity (Wildman–Crippen MR) is 127 cm³/mol. The molecule has 0 fully saturated rings. The Hall–Kier alpha value is -4.22. The topological polar surface area (TPSA) is 161 Å². The first-order valence-corrected chi connectivity index (χ1v) is 11.3. The number of nitriles is 1. The smallest absolute Gasteiger partial charge is 0.349 e. The largest absolute Gasteiger partial charge is 0.481 e. The molecule has 1 heterocycles. The standard InChI is InChI=1S/C25H26N2O11/c1-31-6-8-33-14-36-20-11-17(10-16(12-26)23(20)37-15-34-9-7-32-2)38-21(28)13-35-19-5-3-4-18-22(19)25(30)27-24(18)29/h3-5,10-11H,6-9,13-15H2,1-2H3,(H,27,29,30). The highest BCUT2D eigenvalue weighted by atomic mass is 16.7. The number of ether oxygens (including phenoxy) is 8. The molecule has 1 aliphatic heterocycles. The number of rotatable bonds is 16. The zero-order valence-electron chi connectivity index (χ0n) is 20.8. The van der Waals surface area contributed by atoms with Gasteiger partial charge in [0, 0.05) is 26.4 Å². The van der Waals surface area contributed by atoms with Crippen LogP contribution in [0.4, 0.5) is 0 Å². The first-order valence-electron chi connectivity index (χ1n) is 11.3. The molecule has 0 aliphatic carbocycles. The monoisotopic (exact) mass is 530 g/mol. The van der Waals surface area contributed by atoms with Gasteiger partial charge in [0.2, 0.25) is 0 Å². The molecule has 13 nitrogen and oxygen atoms in total. The number of hydrogen-bond donors (Lipinski definition) is 1. The first kappa shape index (κ1) is 28.4. The molecule has 38 heavy (non-hydrogen) atoms. The van der Waals surface area contributed by atoms with Crippen molar-refractivity contribution < 1.29 is 52.3 Å². The van der Waals surface area contributed by atoms with E-state index in [0.717, 1.165) is 0 Å². The number of fused-ring (bicyclic) bond motifs is 1. The highest BCUT2D eigenvalue weighted by Crippen LogP contribution is 2.36. The molecule has 0 bridgehead atoms. The number of methoxy groups -OCH3 is 2. The van der Waals surface area contributed by atoms with Crippen LogP contribution in [0.3, 0.4) is 0 Å². The SMILES string of the molecule is COCCOCOc1cc(OC(=O)COc2cccc3c2C(=O)NC3=O)cc(C#N)c1OCOCCOC. The highest BCUT2D eigenvalue weighted by Gasteiger charge is 2.30. The van der Waals surface area contributed by atoms with E-state index in [1.54, 1.807) is 0 Å². The molecule has 1 aliphatic rings. The second-order valence-corrected chi connectivity index (χ2v) is 7.46. The van der Waals surface area contributed by atoms with Crippen molar-refractivity contribution in [2.45, 2.75) is 0 Å². The van der Waals surface area contributed by atoms with Crippen molar-refractivity contribution in [3.8, 4) is 29.1 Å². The van der Waals surface area contributed by atoms with Crippen molar-refractivity contribution in [3.05, 3.63) is 47.0 Å². The summed E-state index contributed by atoms with van der Waals surface area (Å²) in [6, 6.07) is 9.03.